The van der Waals surface area contributed by atoms with E-state index in [4.69, 9.17) is 5.11 Å². The van der Waals surface area contributed by atoms with Gasteiger partial charge in [-0.05, 0) is 24.6 Å². The number of nitrogens with zero attached hydrogens (tertiary/aromatic N) is 1. The van der Waals surface area contributed by atoms with Crippen LogP contribution in [0.1, 0.15) is 23.2 Å². The fourth-order valence-corrected chi connectivity index (χ4v) is 2.69. The van der Waals surface area contributed by atoms with E-state index in [-0.39, 0.29) is 18.8 Å². The number of thiazole rings is 1. The molecule has 24 heavy (non-hydrogen) atoms. The second-order valence-electron chi connectivity index (χ2n) is 5.57. The van der Waals surface area contributed by atoms with E-state index in [1.807, 2.05) is 0 Å². The number of benzene rings is 1. The summed E-state index contributed by atoms with van der Waals surface area (Å²) in [5, 5.41) is 23.2. The maximum Gasteiger partial charge on any atom is 0.337 e. The lowest BCUT2D eigenvalue weighted by Crippen LogP contribution is -2.46. The van der Waals surface area contributed by atoms with Gasteiger partial charge in [-0.1, -0.05) is 12.1 Å². The Labute approximate surface area is 142 Å². The zero-order valence-corrected chi connectivity index (χ0v) is 13.8. The third-order valence-electron chi connectivity index (χ3n) is 3.30. The summed E-state index contributed by atoms with van der Waals surface area (Å²) in [4.78, 5) is 26.9. The molecule has 0 fully saturated rings. The molecule has 0 saturated heterocycles. The van der Waals surface area contributed by atoms with Crippen LogP contribution in [0.2, 0.25) is 0 Å². The van der Waals surface area contributed by atoms with Gasteiger partial charge in [0.2, 0.25) is 5.91 Å². The molecular formula is C16H17FN2O4S. The van der Waals surface area contributed by atoms with Gasteiger partial charge >= 0.3 is 5.97 Å². The van der Waals surface area contributed by atoms with Crippen LogP contribution in [0.3, 0.4) is 0 Å². The standard InChI is InChI=1S/C16H17FN2O4S/c1-16(23,15(21)22)9-18-13(20)7-12-8-24-14(19-12)6-10-2-4-11(17)5-3-10/h2-5,8,23H,6-7,9H2,1H3,(H,18,20)(H,21,22). The van der Waals surface area contributed by atoms with Gasteiger partial charge in [0.05, 0.1) is 23.7 Å². The van der Waals surface area contributed by atoms with Crippen molar-refractivity contribution in [1.29, 1.82) is 0 Å². The van der Waals surface area contributed by atoms with Crippen molar-refractivity contribution < 1.29 is 24.2 Å². The molecule has 0 aliphatic rings. The van der Waals surface area contributed by atoms with Crippen molar-refractivity contribution in [3.63, 3.8) is 0 Å². The van der Waals surface area contributed by atoms with Crippen molar-refractivity contribution >= 4 is 23.2 Å². The topological polar surface area (TPSA) is 99.5 Å². The van der Waals surface area contributed by atoms with Gasteiger partial charge in [0, 0.05) is 11.8 Å². The predicted octanol–water partition coefficient (Wildman–Crippen LogP) is 1.37. The molecule has 1 unspecified atom stereocenters. The van der Waals surface area contributed by atoms with Gasteiger partial charge in [0.1, 0.15) is 5.82 Å². The molecule has 3 N–H and O–H groups in total. The molecule has 0 bridgehead atoms. The van der Waals surface area contributed by atoms with E-state index in [0.717, 1.165) is 17.5 Å². The van der Waals surface area contributed by atoms with Crippen molar-refractivity contribution in [2.75, 3.05) is 6.54 Å². The summed E-state index contributed by atoms with van der Waals surface area (Å²) in [6.45, 7) is 0.729. The Hall–Kier alpha value is -2.32. The number of carbonyl (C=O) groups is 2. The van der Waals surface area contributed by atoms with Gasteiger partial charge in [0.25, 0.3) is 0 Å². The smallest absolute Gasteiger partial charge is 0.337 e. The third kappa shape index (κ3) is 5.10. The molecule has 2 aromatic rings. The normalized spacial score (nSPS) is 13.3. The molecule has 6 nitrogen and oxygen atoms in total. The summed E-state index contributed by atoms with van der Waals surface area (Å²) in [6, 6.07) is 6.12. The van der Waals surface area contributed by atoms with Crippen LogP contribution in [0, 0.1) is 5.82 Å². The van der Waals surface area contributed by atoms with Crippen LogP contribution in [0.25, 0.3) is 0 Å². The fourth-order valence-electron chi connectivity index (χ4n) is 1.86. The number of nitrogens with one attached hydrogen (secondary N) is 1. The Bertz CT molecular complexity index is 728. The molecule has 8 heteroatoms. The fraction of sp³-hybridized carbons (Fsp3) is 0.312. The van der Waals surface area contributed by atoms with Crippen LogP contribution in [-0.4, -0.2) is 39.2 Å². The molecule has 1 aromatic carbocycles. The molecule has 128 valence electrons. The number of hydrogen-bond donors (Lipinski definition) is 3. The lowest BCUT2D eigenvalue weighted by molar-refractivity contribution is -0.156. The van der Waals surface area contributed by atoms with E-state index in [1.165, 1.54) is 23.5 Å². The van der Waals surface area contributed by atoms with Crippen molar-refractivity contribution in [3.8, 4) is 0 Å². The van der Waals surface area contributed by atoms with Gasteiger partial charge in [-0.3, -0.25) is 4.79 Å². The summed E-state index contributed by atoms with van der Waals surface area (Å²) < 4.78 is 12.9. The lowest BCUT2D eigenvalue weighted by atomic mass is 10.1. The SMILES string of the molecule is CC(O)(CNC(=O)Cc1csc(Cc2ccc(F)cc2)n1)C(=O)O. The van der Waals surface area contributed by atoms with Gasteiger partial charge < -0.3 is 15.5 Å². The first-order valence-electron chi connectivity index (χ1n) is 7.16. The van der Waals surface area contributed by atoms with Crippen LogP contribution in [-0.2, 0) is 22.4 Å². The Kier molecular flexibility index (Phi) is 5.63. The largest absolute Gasteiger partial charge is 0.479 e. The Morgan fingerprint density at radius 3 is 2.62 bits per heavy atom. The van der Waals surface area contributed by atoms with Crippen molar-refractivity contribution in [3.05, 3.63) is 51.7 Å². The van der Waals surface area contributed by atoms with Gasteiger partial charge in [-0.25, -0.2) is 14.2 Å². The first-order valence-corrected chi connectivity index (χ1v) is 8.04. The minimum absolute atomic E-state index is 0.00435. The maximum atomic E-state index is 12.9. The molecule has 0 spiro atoms. The van der Waals surface area contributed by atoms with E-state index >= 15 is 0 Å². The molecule has 1 amide bonds. The number of amides is 1. The van der Waals surface area contributed by atoms with Crippen LogP contribution < -0.4 is 5.32 Å². The average molecular weight is 352 g/mol. The summed E-state index contributed by atoms with van der Waals surface area (Å²) in [5.41, 5.74) is -0.533. The quantitative estimate of drug-likeness (QED) is 0.699. The zero-order valence-electron chi connectivity index (χ0n) is 13.0. The molecule has 2 rings (SSSR count). The number of hydrogen-bond acceptors (Lipinski definition) is 5. The van der Waals surface area contributed by atoms with Crippen LogP contribution in [0.5, 0.6) is 0 Å². The van der Waals surface area contributed by atoms with E-state index < -0.39 is 17.5 Å². The molecule has 0 aliphatic heterocycles. The number of rotatable bonds is 7. The van der Waals surface area contributed by atoms with Gasteiger partial charge in [0.15, 0.2) is 5.60 Å². The summed E-state index contributed by atoms with van der Waals surface area (Å²) >= 11 is 1.39. The molecule has 1 heterocycles. The highest BCUT2D eigenvalue weighted by Crippen LogP contribution is 2.15. The molecule has 1 atom stereocenters. The highest BCUT2D eigenvalue weighted by atomic mass is 32.1. The number of carboxylic acid groups (broad SMARTS) is 1. The second kappa shape index (κ2) is 7.50. The van der Waals surface area contributed by atoms with E-state index in [0.29, 0.717) is 12.1 Å². The second-order valence-corrected chi connectivity index (χ2v) is 6.51. The number of aliphatic carboxylic acids is 1. The highest BCUT2D eigenvalue weighted by molar-refractivity contribution is 7.09. The minimum atomic E-state index is -2.01. The van der Waals surface area contributed by atoms with E-state index in [9.17, 15) is 19.1 Å². The molecule has 1 aromatic heterocycles. The maximum absolute atomic E-state index is 12.9. The van der Waals surface area contributed by atoms with E-state index in [1.54, 1.807) is 17.5 Å². The molecular weight excluding hydrogens is 335 g/mol. The van der Waals surface area contributed by atoms with Gasteiger partial charge in [-0.2, -0.15) is 0 Å². The first kappa shape index (κ1) is 18.0. The predicted molar refractivity (Wildman–Crippen MR) is 86.3 cm³/mol. The van der Waals surface area contributed by atoms with Gasteiger partial charge in [-0.15, -0.1) is 11.3 Å². The number of carbonyl (C=O) groups excluding carboxylic acids is 1. The number of carboxylic acids is 1. The summed E-state index contributed by atoms with van der Waals surface area (Å²) in [5.74, 6) is -2.12. The Morgan fingerprint density at radius 1 is 1.33 bits per heavy atom. The third-order valence-corrected chi connectivity index (χ3v) is 4.20. The van der Waals surface area contributed by atoms with Crippen LogP contribution in [0.4, 0.5) is 4.39 Å². The monoisotopic (exact) mass is 352 g/mol. The van der Waals surface area contributed by atoms with Crippen LogP contribution >= 0.6 is 11.3 Å². The van der Waals surface area contributed by atoms with Crippen molar-refractivity contribution in [2.45, 2.75) is 25.4 Å². The summed E-state index contributed by atoms with van der Waals surface area (Å²) in [7, 11) is 0. The number of aliphatic hydroxyl groups is 1. The van der Waals surface area contributed by atoms with E-state index in [2.05, 4.69) is 10.3 Å². The van der Waals surface area contributed by atoms with Crippen molar-refractivity contribution in [2.24, 2.45) is 0 Å². The Balaban J connectivity index is 1.88. The molecule has 0 radical (unpaired) electrons. The average Bonchev–Trinajstić information content (AvgIpc) is 2.94. The van der Waals surface area contributed by atoms with Crippen LogP contribution in [0.15, 0.2) is 29.6 Å². The van der Waals surface area contributed by atoms with Crippen molar-refractivity contribution in [1.82, 2.24) is 10.3 Å². The minimum Gasteiger partial charge on any atom is -0.479 e. The molecule has 0 saturated carbocycles. The lowest BCUT2D eigenvalue weighted by Gasteiger charge is -2.17. The highest BCUT2D eigenvalue weighted by Gasteiger charge is 2.30. The first-order chi connectivity index (χ1) is 11.3. The molecule has 0 aliphatic carbocycles. The number of aromatic nitrogens is 1. The summed E-state index contributed by atoms with van der Waals surface area (Å²) in [6.07, 6.45) is 0.538. The number of halogens is 1. The zero-order chi connectivity index (χ0) is 17.7. The Morgan fingerprint density at radius 2 is 2.00 bits per heavy atom.